The maximum atomic E-state index is 11.9. The predicted molar refractivity (Wildman–Crippen MR) is 72.5 cm³/mol. The van der Waals surface area contributed by atoms with Gasteiger partial charge in [-0.05, 0) is 55.4 Å². The number of carbonyl (C=O) groups is 2. The Kier molecular flexibility index (Phi) is 3.72. The molecule has 0 N–H and O–H groups in total. The molecule has 1 fully saturated rings. The molecule has 1 aliphatic carbocycles. The van der Waals surface area contributed by atoms with Gasteiger partial charge in [0.15, 0.2) is 0 Å². The fraction of sp³-hybridized carbons (Fsp3) is 0.500. The molecule has 20 heavy (non-hydrogen) atoms. The van der Waals surface area contributed by atoms with Gasteiger partial charge < -0.3 is 9.47 Å². The molecular formula is C16H18O4. The Bertz CT molecular complexity index is 461. The summed E-state index contributed by atoms with van der Waals surface area (Å²) in [5.41, 5.74) is 0.960. The average Bonchev–Trinajstić information content (AvgIpc) is 2.51. The summed E-state index contributed by atoms with van der Waals surface area (Å²) in [4.78, 5) is 23.9. The van der Waals surface area contributed by atoms with Gasteiger partial charge in [0, 0.05) is 0 Å². The van der Waals surface area contributed by atoms with E-state index in [1.54, 1.807) is 24.3 Å². The monoisotopic (exact) mass is 274 g/mol. The van der Waals surface area contributed by atoms with Gasteiger partial charge in [0.05, 0.1) is 24.3 Å². The highest BCUT2D eigenvalue weighted by atomic mass is 16.5. The highest BCUT2D eigenvalue weighted by Gasteiger charge is 2.25. The summed E-state index contributed by atoms with van der Waals surface area (Å²) in [5, 5.41) is 0. The third-order valence-corrected chi connectivity index (χ3v) is 4.15. The Morgan fingerprint density at radius 2 is 1.25 bits per heavy atom. The summed E-state index contributed by atoms with van der Waals surface area (Å²) in [7, 11) is 0. The lowest BCUT2D eigenvalue weighted by molar-refractivity contribution is 0.0286. The summed E-state index contributed by atoms with van der Waals surface area (Å²) in [6, 6.07) is 6.46. The standard InChI is InChI=1S/C16H18O4/c17-15-13-4-6-14(7-5-13)16(18)20-10-12-3-1-2-11(8-12)9-19-15/h4-7,11-12H,1-3,8-10H2. The van der Waals surface area contributed by atoms with Crippen LogP contribution in [0.1, 0.15) is 46.4 Å². The van der Waals surface area contributed by atoms with Gasteiger partial charge in [0.1, 0.15) is 0 Å². The Morgan fingerprint density at radius 1 is 0.800 bits per heavy atom. The van der Waals surface area contributed by atoms with Crippen molar-refractivity contribution < 1.29 is 19.1 Å². The van der Waals surface area contributed by atoms with Crippen LogP contribution in [-0.4, -0.2) is 25.2 Å². The van der Waals surface area contributed by atoms with Crippen LogP contribution in [0.25, 0.3) is 0 Å². The van der Waals surface area contributed by atoms with Gasteiger partial charge in [-0.2, -0.15) is 0 Å². The quantitative estimate of drug-likeness (QED) is 0.683. The number of fused-ring (bicyclic) bond motifs is 6. The largest absolute Gasteiger partial charge is 0.462 e. The van der Waals surface area contributed by atoms with Crippen molar-refractivity contribution in [1.29, 1.82) is 0 Å². The lowest BCUT2D eigenvalue weighted by Crippen LogP contribution is -2.24. The van der Waals surface area contributed by atoms with E-state index in [0.29, 0.717) is 36.2 Å². The van der Waals surface area contributed by atoms with Crippen molar-refractivity contribution in [2.24, 2.45) is 11.8 Å². The van der Waals surface area contributed by atoms with Gasteiger partial charge in [-0.3, -0.25) is 0 Å². The third kappa shape index (κ3) is 2.84. The van der Waals surface area contributed by atoms with Crippen LogP contribution in [0.3, 0.4) is 0 Å². The maximum Gasteiger partial charge on any atom is 0.338 e. The summed E-state index contributed by atoms with van der Waals surface area (Å²) < 4.78 is 10.8. The fourth-order valence-corrected chi connectivity index (χ4v) is 3.00. The molecule has 1 aromatic carbocycles. The molecule has 4 nitrogen and oxygen atoms in total. The molecule has 1 saturated carbocycles. The van der Waals surface area contributed by atoms with Gasteiger partial charge in [0.25, 0.3) is 0 Å². The van der Waals surface area contributed by atoms with E-state index in [0.717, 1.165) is 25.7 Å². The second kappa shape index (κ2) is 5.65. The van der Waals surface area contributed by atoms with Crippen LogP contribution < -0.4 is 0 Å². The minimum atomic E-state index is -0.314. The van der Waals surface area contributed by atoms with Crippen LogP contribution in [0.15, 0.2) is 24.3 Å². The molecule has 1 aromatic rings. The normalized spacial score (nSPS) is 26.8. The maximum absolute atomic E-state index is 11.9. The van der Waals surface area contributed by atoms with Crippen molar-refractivity contribution in [1.82, 2.24) is 0 Å². The Hall–Kier alpha value is -1.84. The number of benzene rings is 1. The minimum absolute atomic E-state index is 0.314. The minimum Gasteiger partial charge on any atom is -0.462 e. The second-order valence-corrected chi connectivity index (χ2v) is 5.67. The first-order chi connectivity index (χ1) is 9.72. The van der Waals surface area contributed by atoms with Crippen molar-refractivity contribution in [2.45, 2.75) is 25.7 Å². The molecule has 2 atom stereocenters. The summed E-state index contributed by atoms with van der Waals surface area (Å²) >= 11 is 0. The molecular weight excluding hydrogens is 256 g/mol. The number of carbonyl (C=O) groups excluding carboxylic acids is 2. The van der Waals surface area contributed by atoms with E-state index < -0.39 is 0 Å². The SMILES string of the molecule is O=C1OCC2CCCC(COC(=O)c3ccc1cc3)C2. The van der Waals surface area contributed by atoms with Crippen LogP contribution in [0.4, 0.5) is 0 Å². The number of ether oxygens (including phenoxy) is 2. The number of hydrogen-bond acceptors (Lipinski definition) is 4. The lowest BCUT2D eigenvalue weighted by atomic mass is 9.82. The zero-order valence-corrected chi connectivity index (χ0v) is 11.3. The van der Waals surface area contributed by atoms with Crippen LogP contribution in [0.5, 0.6) is 0 Å². The van der Waals surface area contributed by atoms with Gasteiger partial charge in [-0.1, -0.05) is 6.42 Å². The number of rotatable bonds is 0. The van der Waals surface area contributed by atoms with E-state index in [-0.39, 0.29) is 11.9 Å². The van der Waals surface area contributed by atoms with E-state index in [9.17, 15) is 9.59 Å². The molecule has 0 amide bonds. The molecule has 0 spiro atoms. The fourth-order valence-electron chi connectivity index (χ4n) is 3.00. The Labute approximate surface area is 118 Å². The highest BCUT2D eigenvalue weighted by molar-refractivity contribution is 5.93. The van der Waals surface area contributed by atoms with Crippen molar-refractivity contribution in [3.63, 3.8) is 0 Å². The molecule has 0 radical (unpaired) electrons. The van der Waals surface area contributed by atoms with E-state index in [2.05, 4.69) is 0 Å². The van der Waals surface area contributed by atoms with Crippen molar-refractivity contribution in [3.05, 3.63) is 35.4 Å². The Balaban J connectivity index is 1.83. The molecule has 106 valence electrons. The average molecular weight is 274 g/mol. The van der Waals surface area contributed by atoms with Crippen LogP contribution in [0, 0.1) is 11.8 Å². The molecule has 0 aromatic heterocycles. The van der Waals surface area contributed by atoms with E-state index in [4.69, 9.17) is 9.47 Å². The van der Waals surface area contributed by atoms with E-state index in [1.165, 1.54) is 0 Å². The van der Waals surface area contributed by atoms with Gasteiger partial charge >= 0.3 is 11.9 Å². The molecule has 2 aliphatic heterocycles. The first kappa shape index (κ1) is 13.2. The molecule has 3 aliphatic rings. The molecule has 4 bridgehead atoms. The Morgan fingerprint density at radius 3 is 1.70 bits per heavy atom. The smallest absolute Gasteiger partial charge is 0.338 e. The van der Waals surface area contributed by atoms with Crippen LogP contribution in [0.2, 0.25) is 0 Å². The molecule has 4 rings (SSSR count). The number of esters is 2. The van der Waals surface area contributed by atoms with Crippen molar-refractivity contribution in [3.8, 4) is 0 Å². The van der Waals surface area contributed by atoms with Crippen molar-refractivity contribution in [2.75, 3.05) is 13.2 Å². The first-order valence-corrected chi connectivity index (χ1v) is 7.16. The molecule has 4 heteroatoms. The molecule has 2 heterocycles. The van der Waals surface area contributed by atoms with E-state index in [1.807, 2.05) is 0 Å². The zero-order valence-electron chi connectivity index (χ0n) is 11.3. The van der Waals surface area contributed by atoms with Gasteiger partial charge in [-0.15, -0.1) is 0 Å². The van der Waals surface area contributed by atoms with Crippen molar-refractivity contribution >= 4 is 11.9 Å². The summed E-state index contributed by atoms with van der Waals surface area (Å²) in [5.74, 6) is 0.142. The lowest BCUT2D eigenvalue weighted by Gasteiger charge is -2.28. The topological polar surface area (TPSA) is 52.6 Å². The predicted octanol–water partition coefficient (Wildman–Crippen LogP) is 2.82. The summed E-state index contributed by atoms with van der Waals surface area (Å²) in [6.45, 7) is 0.927. The number of hydrogen-bond donors (Lipinski definition) is 0. The van der Waals surface area contributed by atoms with Crippen LogP contribution >= 0.6 is 0 Å². The zero-order chi connectivity index (χ0) is 13.9. The highest BCUT2D eigenvalue weighted by Crippen LogP contribution is 2.30. The van der Waals surface area contributed by atoms with Gasteiger partial charge in [0.2, 0.25) is 0 Å². The van der Waals surface area contributed by atoms with Gasteiger partial charge in [-0.25, -0.2) is 9.59 Å². The molecule has 0 saturated heterocycles. The third-order valence-electron chi connectivity index (χ3n) is 4.15. The summed E-state index contributed by atoms with van der Waals surface area (Å²) in [6.07, 6.45) is 4.23. The second-order valence-electron chi connectivity index (χ2n) is 5.67. The molecule has 2 unspecified atom stereocenters. The van der Waals surface area contributed by atoms with Crippen LogP contribution in [-0.2, 0) is 9.47 Å². The first-order valence-electron chi connectivity index (χ1n) is 7.16. The van der Waals surface area contributed by atoms with E-state index >= 15 is 0 Å².